The van der Waals surface area contributed by atoms with Crippen molar-refractivity contribution in [2.24, 2.45) is 0 Å². The standard InChI is InChI=1S/C6H6ClFN2O/c1-11-6-4(9)2-3(8)5(7)10-6/h2H,9H2,1H3. The van der Waals surface area contributed by atoms with E-state index in [4.69, 9.17) is 22.1 Å². The molecule has 5 heteroatoms. The van der Waals surface area contributed by atoms with Gasteiger partial charge in [0.1, 0.15) is 0 Å². The highest BCUT2D eigenvalue weighted by molar-refractivity contribution is 6.29. The maximum atomic E-state index is 12.6. The van der Waals surface area contributed by atoms with Crippen molar-refractivity contribution in [3.8, 4) is 5.88 Å². The molecule has 1 aromatic heterocycles. The number of hydrogen-bond donors (Lipinski definition) is 1. The number of halogens is 2. The first-order valence-electron chi connectivity index (χ1n) is 2.80. The van der Waals surface area contributed by atoms with Gasteiger partial charge in [-0.3, -0.25) is 0 Å². The van der Waals surface area contributed by atoms with Crippen molar-refractivity contribution in [3.63, 3.8) is 0 Å². The second kappa shape index (κ2) is 2.92. The molecule has 1 aromatic rings. The van der Waals surface area contributed by atoms with Crippen LogP contribution in [-0.2, 0) is 0 Å². The minimum Gasteiger partial charge on any atom is -0.479 e. The molecule has 0 saturated carbocycles. The number of aromatic nitrogens is 1. The summed E-state index contributed by atoms with van der Waals surface area (Å²) in [6.45, 7) is 0. The average molecular weight is 177 g/mol. The minimum atomic E-state index is -0.648. The molecule has 0 bridgehead atoms. The summed E-state index contributed by atoms with van der Waals surface area (Å²) in [7, 11) is 1.38. The Balaban J connectivity index is 3.21. The van der Waals surface area contributed by atoms with Gasteiger partial charge in [-0.05, 0) is 0 Å². The van der Waals surface area contributed by atoms with Crippen molar-refractivity contribution < 1.29 is 9.13 Å². The molecule has 0 aliphatic carbocycles. The predicted molar refractivity (Wildman–Crippen MR) is 40.2 cm³/mol. The molecule has 0 amide bonds. The lowest BCUT2D eigenvalue weighted by Gasteiger charge is -2.02. The van der Waals surface area contributed by atoms with Gasteiger partial charge >= 0.3 is 0 Å². The van der Waals surface area contributed by atoms with Gasteiger partial charge in [-0.1, -0.05) is 11.6 Å². The fourth-order valence-electron chi connectivity index (χ4n) is 0.628. The molecule has 60 valence electrons. The van der Waals surface area contributed by atoms with E-state index in [2.05, 4.69) is 4.98 Å². The monoisotopic (exact) mass is 176 g/mol. The largest absolute Gasteiger partial charge is 0.479 e. The smallest absolute Gasteiger partial charge is 0.238 e. The van der Waals surface area contributed by atoms with Crippen molar-refractivity contribution in [3.05, 3.63) is 17.0 Å². The number of nitrogen functional groups attached to an aromatic ring is 1. The van der Waals surface area contributed by atoms with Gasteiger partial charge in [-0.25, -0.2) is 4.39 Å². The SMILES string of the molecule is COc1nc(Cl)c(F)cc1N. The Labute approximate surface area is 67.9 Å². The van der Waals surface area contributed by atoms with Crippen LogP contribution in [0.25, 0.3) is 0 Å². The first kappa shape index (κ1) is 8.07. The van der Waals surface area contributed by atoms with Crippen LogP contribution >= 0.6 is 11.6 Å². The van der Waals surface area contributed by atoms with Gasteiger partial charge in [0.05, 0.1) is 12.8 Å². The summed E-state index contributed by atoms with van der Waals surface area (Å²) in [5.74, 6) is -0.513. The molecule has 1 heterocycles. The van der Waals surface area contributed by atoms with Gasteiger partial charge in [0, 0.05) is 6.07 Å². The van der Waals surface area contributed by atoms with Gasteiger partial charge < -0.3 is 10.5 Å². The van der Waals surface area contributed by atoms with Gasteiger partial charge in [0.15, 0.2) is 11.0 Å². The summed E-state index contributed by atoms with van der Waals surface area (Å²) < 4.78 is 17.3. The van der Waals surface area contributed by atoms with E-state index in [1.165, 1.54) is 7.11 Å². The summed E-state index contributed by atoms with van der Waals surface area (Å²) in [5, 5.41) is -0.240. The molecule has 11 heavy (non-hydrogen) atoms. The molecule has 3 nitrogen and oxygen atoms in total. The Bertz CT molecular complexity index is 280. The lowest BCUT2D eigenvalue weighted by Crippen LogP contribution is -1.97. The lowest BCUT2D eigenvalue weighted by atomic mass is 10.4. The first-order valence-corrected chi connectivity index (χ1v) is 3.18. The summed E-state index contributed by atoms with van der Waals surface area (Å²) in [6, 6.07) is 1.06. The van der Waals surface area contributed by atoms with Crippen molar-refractivity contribution in [2.45, 2.75) is 0 Å². The fraction of sp³-hybridized carbons (Fsp3) is 0.167. The van der Waals surface area contributed by atoms with E-state index in [0.29, 0.717) is 0 Å². The van der Waals surface area contributed by atoms with E-state index in [1.54, 1.807) is 0 Å². The molecule has 0 unspecified atom stereocenters. The van der Waals surface area contributed by atoms with Crippen LogP contribution in [0, 0.1) is 5.82 Å². The molecule has 1 rings (SSSR count). The Morgan fingerprint density at radius 2 is 2.36 bits per heavy atom. The highest BCUT2D eigenvalue weighted by Crippen LogP contribution is 2.23. The second-order valence-electron chi connectivity index (χ2n) is 1.86. The van der Waals surface area contributed by atoms with Crippen LogP contribution in [0.4, 0.5) is 10.1 Å². The molecule has 0 aromatic carbocycles. The molecule has 2 N–H and O–H groups in total. The van der Waals surface area contributed by atoms with Crippen molar-refractivity contribution >= 4 is 17.3 Å². The highest BCUT2D eigenvalue weighted by Gasteiger charge is 2.06. The summed E-state index contributed by atoms with van der Waals surface area (Å²) in [6.07, 6.45) is 0. The Kier molecular flexibility index (Phi) is 2.14. The quantitative estimate of drug-likeness (QED) is 0.660. The molecule has 0 aliphatic rings. The van der Waals surface area contributed by atoms with Crippen LogP contribution < -0.4 is 10.5 Å². The van der Waals surface area contributed by atoms with Crippen LogP contribution in [0.2, 0.25) is 5.15 Å². The summed E-state index contributed by atoms with van der Waals surface area (Å²) in [4.78, 5) is 3.53. The van der Waals surface area contributed by atoms with E-state index in [1.807, 2.05) is 0 Å². The molecule has 0 fully saturated rings. The van der Waals surface area contributed by atoms with Crippen LogP contribution in [-0.4, -0.2) is 12.1 Å². The van der Waals surface area contributed by atoms with Crippen LogP contribution in [0.1, 0.15) is 0 Å². The molecular weight excluding hydrogens is 171 g/mol. The summed E-state index contributed by atoms with van der Waals surface area (Å²) >= 11 is 5.34. The molecular formula is C6H6ClFN2O. The van der Waals surface area contributed by atoms with Gasteiger partial charge in [-0.15, -0.1) is 0 Å². The van der Waals surface area contributed by atoms with Gasteiger partial charge in [-0.2, -0.15) is 4.98 Å². The summed E-state index contributed by atoms with van der Waals surface area (Å²) in [5.41, 5.74) is 5.45. The maximum absolute atomic E-state index is 12.6. The zero-order chi connectivity index (χ0) is 8.43. The third kappa shape index (κ3) is 1.51. The maximum Gasteiger partial charge on any atom is 0.238 e. The third-order valence-corrected chi connectivity index (χ3v) is 1.38. The number of nitrogens with two attached hydrogens (primary N) is 1. The number of pyridine rings is 1. The number of rotatable bonds is 1. The Morgan fingerprint density at radius 1 is 1.73 bits per heavy atom. The first-order chi connectivity index (χ1) is 5.15. The van der Waals surface area contributed by atoms with E-state index < -0.39 is 5.82 Å². The Morgan fingerprint density at radius 3 is 2.91 bits per heavy atom. The van der Waals surface area contributed by atoms with Crippen LogP contribution in [0.3, 0.4) is 0 Å². The number of anilines is 1. The lowest BCUT2D eigenvalue weighted by molar-refractivity contribution is 0.398. The van der Waals surface area contributed by atoms with E-state index in [0.717, 1.165) is 6.07 Å². The number of hydrogen-bond acceptors (Lipinski definition) is 3. The van der Waals surface area contributed by atoms with E-state index in [-0.39, 0.29) is 16.7 Å². The zero-order valence-corrected chi connectivity index (χ0v) is 6.52. The predicted octanol–water partition coefficient (Wildman–Crippen LogP) is 1.46. The van der Waals surface area contributed by atoms with E-state index >= 15 is 0 Å². The fourth-order valence-corrected chi connectivity index (χ4v) is 0.760. The van der Waals surface area contributed by atoms with Gasteiger partial charge in [0.2, 0.25) is 5.88 Å². The second-order valence-corrected chi connectivity index (χ2v) is 2.22. The molecule has 0 aliphatic heterocycles. The molecule has 0 atom stereocenters. The Hall–Kier alpha value is -1.03. The topological polar surface area (TPSA) is 48.1 Å². The van der Waals surface area contributed by atoms with Crippen molar-refractivity contribution in [2.75, 3.05) is 12.8 Å². The zero-order valence-electron chi connectivity index (χ0n) is 5.77. The van der Waals surface area contributed by atoms with Gasteiger partial charge in [0.25, 0.3) is 0 Å². The molecule has 0 saturated heterocycles. The number of methoxy groups -OCH3 is 1. The van der Waals surface area contributed by atoms with Crippen molar-refractivity contribution in [1.82, 2.24) is 4.98 Å². The minimum absolute atomic E-state index is 0.134. The average Bonchev–Trinajstić information content (AvgIpc) is 1.97. The molecule has 0 spiro atoms. The highest BCUT2D eigenvalue weighted by atomic mass is 35.5. The molecule has 0 radical (unpaired) electrons. The normalized spacial score (nSPS) is 9.73. The number of ether oxygens (including phenoxy) is 1. The third-order valence-electron chi connectivity index (χ3n) is 1.12. The van der Waals surface area contributed by atoms with Crippen LogP contribution in [0.15, 0.2) is 6.07 Å². The van der Waals surface area contributed by atoms with E-state index in [9.17, 15) is 4.39 Å². The number of nitrogens with zero attached hydrogens (tertiary/aromatic N) is 1. The van der Waals surface area contributed by atoms with Crippen LogP contribution in [0.5, 0.6) is 5.88 Å². The van der Waals surface area contributed by atoms with Crippen molar-refractivity contribution in [1.29, 1.82) is 0 Å².